The Morgan fingerprint density at radius 2 is 2.18 bits per heavy atom. The van der Waals surface area contributed by atoms with Crippen LogP contribution in [0.3, 0.4) is 0 Å². The second kappa shape index (κ2) is 7.15. The fourth-order valence-electron chi connectivity index (χ4n) is 2.37. The SMILES string of the molecule is CNC(=O)c1ccc(N2CC(CSC(C)=O)CC2=O)cc1Cl. The maximum absolute atomic E-state index is 12.1. The molecule has 5 nitrogen and oxygen atoms in total. The Kier molecular flexibility index (Phi) is 5.47. The van der Waals surface area contributed by atoms with Crippen molar-refractivity contribution < 1.29 is 14.4 Å². The summed E-state index contributed by atoms with van der Waals surface area (Å²) in [7, 11) is 1.54. The van der Waals surface area contributed by atoms with E-state index in [0.717, 1.165) is 0 Å². The lowest BCUT2D eigenvalue weighted by molar-refractivity contribution is -0.117. The van der Waals surface area contributed by atoms with Crippen LogP contribution >= 0.6 is 23.4 Å². The van der Waals surface area contributed by atoms with Gasteiger partial charge in [-0.3, -0.25) is 14.4 Å². The lowest BCUT2D eigenvalue weighted by atomic mass is 10.1. The Labute approximate surface area is 138 Å². The van der Waals surface area contributed by atoms with Crippen LogP contribution in [0.15, 0.2) is 18.2 Å². The zero-order valence-corrected chi connectivity index (χ0v) is 14.0. The first kappa shape index (κ1) is 16.8. The number of nitrogens with zero attached hydrogens (tertiary/aromatic N) is 1. The van der Waals surface area contributed by atoms with Gasteiger partial charge in [-0.2, -0.15) is 0 Å². The van der Waals surface area contributed by atoms with Gasteiger partial charge in [0.25, 0.3) is 5.91 Å². The predicted molar refractivity (Wildman–Crippen MR) is 88.4 cm³/mol. The third kappa shape index (κ3) is 3.81. The zero-order chi connectivity index (χ0) is 16.3. The van der Waals surface area contributed by atoms with Crippen LogP contribution in [0.25, 0.3) is 0 Å². The maximum atomic E-state index is 12.1. The van der Waals surface area contributed by atoms with Crippen molar-refractivity contribution in [3.63, 3.8) is 0 Å². The molecule has 1 N–H and O–H groups in total. The second-order valence-corrected chi connectivity index (χ2v) is 6.72. The van der Waals surface area contributed by atoms with Crippen molar-refractivity contribution in [2.45, 2.75) is 13.3 Å². The van der Waals surface area contributed by atoms with Crippen LogP contribution in [0.5, 0.6) is 0 Å². The van der Waals surface area contributed by atoms with Crippen molar-refractivity contribution in [3.05, 3.63) is 28.8 Å². The number of rotatable bonds is 4. The van der Waals surface area contributed by atoms with Crippen LogP contribution < -0.4 is 10.2 Å². The highest BCUT2D eigenvalue weighted by Crippen LogP contribution is 2.30. The van der Waals surface area contributed by atoms with Gasteiger partial charge in [0.2, 0.25) is 5.91 Å². The molecule has 118 valence electrons. The van der Waals surface area contributed by atoms with Crippen molar-refractivity contribution in [2.75, 3.05) is 24.2 Å². The third-order valence-corrected chi connectivity index (χ3v) is 4.82. The first-order valence-corrected chi connectivity index (χ1v) is 8.24. The highest BCUT2D eigenvalue weighted by molar-refractivity contribution is 8.13. The van der Waals surface area contributed by atoms with E-state index in [4.69, 9.17) is 11.6 Å². The summed E-state index contributed by atoms with van der Waals surface area (Å²) >= 11 is 7.36. The fraction of sp³-hybridized carbons (Fsp3) is 0.400. The number of benzene rings is 1. The van der Waals surface area contributed by atoms with Crippen LogP contribution in [0.4, 0.5) is 5.69 Å². The number of anilines is 1. The molecule has 0 saturated carbocycles. The van der Waals surface area contributed by atoms with Crippen LogP contribution in [-0.4, -0.2) is 36.3 Å². The monoisotopic (exact) mass is 340 g/mol. The summed E-state index contributed by atoms with van der Waals surface area (Å²) in [5, 5.41) is 2.89. The van der Waals surface area contributed by atoms with Gasteiger partial charge in [0.15, 0.2) is 5.12 Å². The van der Waals surface area contributed by atoms with Gasteiger partial charge >= 0.3 is 0 Å². The molecule has 0 spiro atoms. The van der Waals surface area contributed by atoms with Gasteiger partial charge < -0.3 is 10.2 Å². The van der Waals surface area contributed by atoms with Gasteiger partial charge in [-0.1, -0.05) is 23.4 Å². The van der Waals surface area contributed by atoms with Crippen molar-refractivity contribution in [2.24, 2.45) is 5.92 Å². The molecule has 0 aromatic heterocycles. The topological polar surface area (TPSA) is 66.5 Å². The van der Waals surface area contributed by atoms with Crippen LogP contribution in [0, 0.1) is 5.92 Å². The van der Waals surface area contributed by atoms with Gasteiger partial charge in [0, 0.05) is 38.4 Å². The van der Waals surface area contributed by atoms with E-state index in [1.807, 2.05) is 0 Å². The summed E-state index contributed by atoms with van der Waals surface area (Å²) in [4.78, 5) is 36.4. The first-order valence-electron chi connectivity index (χ1n) is 6.87. The van der Waals surface area contributed by atoms with E-state index >= 15 is 0 Å². The average Bonchev–Trinajstić information content (AvgIpc) is 2.85. The molecular weight excluding hydrogens is 324 g/mol. The number of carbonyl (C=O) groups excluding carboxylic acids is 3. The molecule has 1 aromatic rings. The molecule has 2 amide bonds. The van der Waals surface area contributed by atoms with Gasteiger partial charge in [-0.25, -0.2) is 0 Å². The lowest BCUT2D eigenvalue weighted by Crippen LogP contribution is -2.25. The Morgan fingerprint density at radius 1 is 1.45 bits per heavy atom. The van der Waals surface area contributed by atoms with E-state index in [0.29, 0.717) is 35.0 Å². The third-order valence-electron chi connectivity index (χ3n) is 3.46. The normalized spacial score (nSPS) is 17.7. The molecule has 1 saturated heterocycles. The van der Waals surface area contributed by atoms with Crippen LogP contribution in [0.1, 0.15) is 23.7 Å². The predicted octanol–water partition coefficient (Wildman–Crippen LogP) is 2.33. The molecule has 1 atom stereocenters. The van der Waals surface area contributed by atoms with E-state index in [1.54, 1.807) is 23.1 Å². The lowest BCUT2D eigenvalue weighted by Gasteiger charge is -2.17. The molecule has 0 aliphatic carbocycles. The molecule has 7 heteroatoms. The summed E-state index contributed by atoms with van der Waals surface area (Å²) in [5.74, 6) is 0.540. The summed E-state index contributed by atoms with van der Waals surface area (Å²) in [5.41, 5.74) is 1.06. The molecule has 1 fully saturated rings. The van der Waals surface area contributed by atoms with E-state index in [2.05, 4.69) is 5.32 Å². The standard InChI is InChI=1S/C15H17ClN2O3S/c1-9(19)22-8-10-5-14(20)18(7-10)11-3-4-12(13(16)6-11)15(21)17-2/h3-4,6,10H,5,7-8H2,1-2H3,(H,17,21). The molecule has 1 heterocycles. The molecule has 1 aliphatic heterocycles. The summed E-state index contributed by atoms with van der Waals surface area (Å²) in [6, 6.07) is 4.96. The van der Waals surface area contributed by atoms with Gasteiger partial charge in [-0.15, -0.1) is 0 Å². The van der Waals surface area contributed by atoms with Crippen LogP contribution in [0.2, 0.25) is 5.02 Å². The summed E-state index contributed by atoms with van der Waals surface area (Å²) < 4.78 is 0. The van der Waals surface area contributed by atoms with Crippen molar-refractivity contribution in [1.82, 2.24) is 5.32 Å². The number of carbonyl (C=O) groups is 3. The minimum absolute atomic E-state index is 0.0120. The van der Waals surface area contributed by atoms with Gasteiger partial charge in [0.05, 0.1) is 10.6 Å². The number of amides is 2. The largest absolute Gasteiger partial charge is 0.355 e. The first-order chi connectivity index (χ1) is 10.4. The number of thioether (sulfide) groups is 1. The maximum Gasteiger partial charge on any atom is 0.252 e. The Morgan fingerprint density at radius 3 is 2.77 bits per heavy atom. The van der Waals surface area contributed by atoms with E-state index in [1.165, 1.54) is 25.7 Å². The van der Waals surface area contributed by atoms with E-state index in [-0.39, 0.29) is 22.8 Å². The highest BCUT2D eigenvalue weighted by Gasteiger charge is 2.31. The van der Waals surface area contributed by atoms with E-state index < -0.39 is 0 Å². The smallest absolute Gasteiger partial charge is 0.252 e. The van der Waals surface area contributed by atoms with Gasteiger partial charge in [-0.05, 0) is 24.1 Å². The number of hydrogen-bond acceptors (Lipinski definition) is 4. The molecule has 0 radical (unpaired) electrons. The number of halogens is 1. The quantitative estimate of drug-likeness (QED) is 0.913. The van der Waals surface area contributed by atoms with Gasteiger partial charge in [0.1, 0.15) is 0 Å². The Balaban J connectivity index is 2.12. The molecule has 0 bridgehead atoms. The van der Waals surface area contributed by atoms with Crippen LogP contribution in [-0.2, 0) is 9.59 Å². The highest BCUT2D eigenvalue weighted by atomic mass is 35.5. The minimum Gasteiger partial charge on any atom is -0.355 e. The fourth-order valence-corrected chi connectivity index (χ4v) is 3.32. The molecule has 1 aliphatic rings. The van der Waals surface area contributed by atoms with Crippen molar-refractivity contribution in [1.29, 1.82) is 0 Å². The number of hydrogen-bond donors (Lipinski definition) is 1. The second-order valence-electron chi connectivity index (χ2n) is 5.12. The van der Waals surface area contributed by atoms with E-state index in [9.17, 15) is 14.4 Å². The molecule has 22 heavy (non-hydrogen) atoms. The Bertz CT molecular complexity index is 621. The Hall–Kier alpha value is -1.53. The minimum atomic E-state index is -0.264. The molecule has 1 aromatic carbocycles. The van der Waals surface area contributed by atoms with Crippen molar-refractivity contribution in [3.8, 4) is 0 Å². The number of nitrogens with one attached hydrogen (secondary N) is 1. The van der Waals surface area contributed by atoms with Crippen molar-refractivity contribution >= 4 is 46.0 Å². The average molecular weight is 341 g/mol. The summed E-state index contributed by atoms with van der Waals surface area (Å²) in [6.45, 7) is 2.09. The summed E-state index contributed by atoms with van der Waals surface area (Å²) in [6.07, 6.45) is 0.426. The molecule has 1 unspecified atom stereocenters. The molecule has 2 rings (SSSR count). The molecular formula is C15H17ClN2O3S. The zero-order valence-electron chi connectivity index (χ0n) is 12.4.